The molecular formula is C17H16N4O3. The Morgan fingerprint density at radius 1 is 1.33 bits per heavy atom. The topological polar surface area (TPSA) is 91.1 Å². The summed E-state index contributed by atoms with van der Waals surface area (Å²) in [6, 6.07) is 7.44. The summed E-state index contributed by atoms with van der Waals surface area (Å²) in [4.78, 5) is 36.2. The fraction of sp³-hybridized carbons (Fsp3) is 0.235. The van der Waals surface area contributed by atoms with Gasteiger partial charge < -0.3 is 19.6 Å². The quantitative estimate of drug-likeness (QED) is 0.746. The van der Waals surface area contributed by atoms with Crippen LogP contribution < -0.4 is 10.3 Å². The van der Waals surface area contributed by atoms with Crippen LogP contribution in [0, 0.1) is 0 Å². The number of methoxy groups -OCH3 is 1. The molecule has 0 radical (unpaired) electrons. The number of benzene rings is 1. The summed E-state index contributed by atoms with van der Waals surface area (Å²) in [7, 11) is 1.61. The minimum absolute atomic E-state index is 0.0992. The van der Waals surface area contributed by atoms with Gasteiger partial charge in [0.25, 0.3) is 11.5 Å². The Balaban J connectivity index is 1.63. The zero-order valence-corrected chi connectivity index (χ0v) is 13.1. The monoisotopic (exact) mass is 324 g/mol. The Labute approximate surface area is 137 Å². The van der Waals surface area contributed by atoms with Gasteiger partial charge >= 0.3 is 0 Å². The number of aromatic amines is 2. The van der Waals surface area contributed by atoms with E-state index in [0.717, 1.165) is 16.7 Å². The molecule has 3 heterocycles. The number of carbonyl (C=O) groups excluding carboxylic acids is 1. The number of ether oxygens (including phenoxy) is 1. The van der Waals surface area contributed by atoms with Crippen molar-refractivity contribution in [2.24, 2.45) is 0 Å². The molecule has 0 atom stereocenters. The molecule has 0 saturated heterocycles. The Morgan fingerprint density at radius 2 is 2.21 bits per heavy atom. The number of nitrogens with zero attached hydrogens (tertiary/aromatic N) is 2. The van der Waals surface area contributed by atoms with Crippen LogP contribution in [0.3, 0.4) is 0 Å². The highest BCUT2D eigenvalue weighted by molar-refractivity contribution is 5.98. The predicted molar refractivity (Wildman–Crippen MR) is 88.2 cm³/mol. The molecule has 2 N–H and O–H groups in total. The van der Waals surface area contributed by atoms with Gasteiger partial charge in [0, 0.05) is 23.0 Å². The van der Waals surface area contributed by atoms with Crippen LogP contribution in [0.25, 0.3) is 10.9 Å². The van der Waals surface area contributed by atoms with E-state index in [0.29, 0.717) is 36.5 Å². The van der Waals surface area contributed by atoms with Crippen molar-refractivity contribution in [2.75, 3.05) is 13.7 Å². The predicted octanol–water partition coefficient (Wildman–Crippen LogP) is 1.46. The van der Waals surface area contributed by atoms with Crippen LogP contribution in [0.1, 0.15) is 21.7 Å². The standard InChI is InChI=1S/C17H16N4O3/c1-24-11-2-3-13-10(6-11)7-14(20-13)17(23)21-5-4-12-15(8-21)18-9-19-16(12)22/h2-3,6-7,9,20H,4-5,8H2,1H3,(H,18,19,22). The van der Waals surface area contributed by atoms with Crippen LogP contribution >= 0.6 is 0 Å². The normalized spacial score (nSPS) is 13.8. The molecule has 7 nitrogen and oxygen atoms in total. The molecule has 0 spiro atoms. The summed E-state index contributed by atoms with van der Waals surface area (Å²) >= 11 is 0. The molecular weight excluding hydrogens is 308 g/mol. The van der Waals surface area contributed by atoms with Gasteiger partial charge in [-0.15, -0.1) is 0 Å². The number of carbonyl (C=O) groups is 1. The highest BCUT2D eigenvalue weighted by Crippen LogP contribution is 2.23. The van der Waals surface area contributed by atoms with Gasteiger partial charge in [-0.2, -0.15) is 0 Å². The summed E-state index contributed by atoms with van der Waals surface area (Å²) in [5.74, 6) is 0.647. The van der Waals surface area contributed by atoms with Crippen molar-refractivity contribution in [3.05, 3.63) is 57.9 Å². The first kappa shape index (κ1) is 14.5. The first-order valence-electron chi connectivity index (χ1n) is 7.67. The third-order valence-corrected chi connectivity index (χ3v) is 4.36. The first-order valence-corrected chi connectivity index (χ1v) is 7.67. The van der Waals surface area contributed by atoms with Crippen molar-refractivity contribution in [3.63, 3.8) is 0 Å². The zero-order valence-electron chi connectivity index (χ0n) is 13.1. The molecule has 122 valence electrons. The largest absolute Gasteiger partial charge is 0.497 e. The van der Waals surface area contributed by atoms with E-state index in [2.05, 4.69) is 15.0 Å². The molecule has 0 fully saturated rings. The number of nitrogens with one attached hydrogen (secondary N) is 2. The minimum Gasteiger partial charge on any atom is -0.497 e. The highest BCUT2D eigenvalue weighted by atomic mass is 16.5. The number of hydrogen-bond donors (Lipinski definition) is 2. The lowest BCUT2D eigenvalue weighted by Gasteiger charge is -2.26. The van der Waals surface area contributed by atoms with Gasteiger partial charge in [0.1, 0.15) is 11.4 Å². The van der Waals surface area contributed by atoms with Crippen LogP contribution in [-0.2, 0) is 13.0 Å². The molecule has 0 unspecified atom stereocenters. The van der Waals surface area contributed by atoms with Gasteiger partial charge in [0.15, 0.2) is 0 Å². The molecule has 1 amide bonds. The molecule has 3 aromatic rings. The van der Waals surface area contributed by atoms with Crippen molar-refractivity contribution in [1.82, 2.24) is 19.9 Å². The van der Waals surface area contributed by atoms with Gasteiger partial charge in [0.05, 0.1) is 25.7 Å². The van der Waals surface area contributed by atoms with Crippen molar-refractivity contribution in [1.29, 1.82) is 0 Å². The van der Waals surface area contributed by atoms with Crippen LogP contribution in [0.5, 0.6) is 5.75 Å². The average Bonchev–Trinajstić information content (AvgIpc) is 3.04. The summed E-state index contributed by atoms with van der Waals surface area (Å²) in [6.45, 7) is 0.843. The summed E-state index contributed by atoms with van der Waals surface area (Å²) in [5, 5.41) is 0.921. The summed E-state index contributed by atoms with van der Waals surface area (Å²) in [6.07, 6.45) is 1.89. The molecule has 1 aromatic carbocycles. The molecule has 1 aliphatic rings. The lowest BCUT2D eigenvalue weighted by Crippen LogP contribution is -2.39. The zero-order chi connectivity index (χ0) is 16.7. The average molecular weight is 324 g/mol. The van der Waals surface area contributed by atoms with Crippen LogP contribution in [0.15, 0.2) is 35.4 Å². The van der Waals surface area contributed by atoms with E-state index in [1.807, 2.05) is 24.3 Å². The van der Waals surface area contributed by atoms with Crippen LogP contribution in [0.4, 0.5) is 0 Å². The van der Waals surface area contributed by atoms with Gasteiger partial charge in [-0.05, 0) is 30.7 Å². The van der Waals surface area contributed by atoms with Gasteiger partial charge in [-0.3, -0.25) is 9.59 Å². The molecule has 4 rings (SSSR count). The number of amides is 1. The Bertz CT molecular complexity index is 989. The molecule has 24 heavy (non-hydrogen) atoms. The van der Waals surface area contributed by atoms with E-state index in [-0.39, 0.29) is 11.5 Å². The van der Waals surface area contributed by atoms with E-state index < -0.39 is 0 Å². The molecule has 0 bridgehead atoms. The molecule has 2 aromatic heterocycles. The molecule has 1 aliphatic heterocycles. The highest BCUT2D eigenvalue weighted by Gasteiger charge is 2.25. The van der Waals surface area contributed by atoms with E-state index >= 15 is 0 Å². The number of aromatic nitrogens is 3. The fourth-order valence-corrected chi connectivity index (χ4v) is 3.06. The van der Waals surface area contributed by atoms with E-state index in [9.17, 15) is 9.59 Å². The van der Waals surface area contributed by atoms with Crippen LogP contribution in [-0.4, -0.2) is 39.4 Å². The number of rotatable bonds is 2. The third kappa shape index (κ3) is 2.34. The van der Waals surface area contributed by atoms with Crippen molar-refractivity contribution >= 4 is 16.8 Å². The maximum Gasteiger partial charge on any atom is 0.270 e. The maximum absolute atomic E-state index is 12.8. The Morgan fingerprint density at radius 3 is 3.04 bits per heavy atom. The SMILES string of the molecule is COc1ccc2[nH]c(C(=O)N3CCc4c(nc[nH]c4=O)C3)cc2c1. The Hall–Kier alpha value is -3.09. The van der Waals surface area contributed by atoms with Gasteiger partial charge in [-0.25, -0.2) is 4.98 Å². The fourth-order valence-electron chi connectivity index (χ4n) is 3.06. The number of hydrogen-bond acceptors (Lipinski definition) is 4. The maximum atomic E-state index is 12.8. The first-order chi connectivity index (χ1) is 11.7. The second kappa shape index (κ2) is 5.52. The van der Waals surface area contributed by atoms with E-state index in [4.69, 9.17) is 4.74 Å². The smallest absolute Gasteiger partial charge is 0.270 e. The molecule has 0 aliphatic carbocycles. The summed E-state index contributed by atoms with van der Waals surface area (Å²) in [5.41, 5.74) is 2.61. The van der Waals surface area contributed by atoms with Crippen molar-refractivity contribution in [3.8, 4) is 5.75 Å². The number of fused-ring (bicyclic) bond motifs is 2. The van der Waals surface area contributed by atoms with Crippen molar-refractivity contribution < 1.29 is 9.53 Å². The number of H-pyrrole nitrogens is 2. The van der Waals surface area contributed by atoms with Gasteiger partial charge in [0.2, 0.25) is 0 Å². The second-order valence-corrected chi connectivity index (χ2v) is 5.77. The molecule has 7 heteroatoms. The van der Waals surface area contributed by atoms with Crippen molar-refractivity contribution in [2.45, 2.75) is 13.0 Å². The lowest BCUT2D eigenvalue weighted by molar-refractivity contribution is 0.0726. The summed E-state index contributed by atoms with van der Waals surface area (Å²) < 4.78 is 5.21. The third-order valence-electron chi connectivity index (χ3n) is 4.36. The minimum atomic E-state index is -0.121. The van der Waals surface area contributed by atoms with Gasteiger partial charge in [-0.1, -0.05) is 0 Å². The Kier molecular flexibility index (Phi) is 3.34. The lowest BCUT2D eigenvalue weighted by atomic mass is 10.1. The second-order valence-electron chi connectivity index (χ2n) is 5.77. The van der Waals surface area contributed by atoms with E-state index in [1.165, 1.54) is 6.33 Å². The molecule has 0 saturated carbocycles. The van der Waals surface area contributed by atoms with Crippen LogP contribution in [0.2, 0.25) is 0 Å². The van der Waals surface area contributed by atoms with E-state index in [1.54, 1.807) is 12.0 Å².